The SMILES string of the molecule is CCNC(=NCC(C)(C)c1cccc(OC)c1)NC1CCN(c2ccc(C)cn2)CC1. The summed E-state index contributed by atoms with van der Waals surface area (Å²) in [5.41, 5.74) is 2.34. The molecule has 2 heterocycles. The van der Waals surface area contributed by atoms with Crippen LogP contribution in [0.1, 0.15) is 44.7 Å². The number of pyridine rings is 1. The Hall–Kier alpha value is -2.76. The first-order valence-electron chi connectivity index (χ1n) is 11.3. The third kappa shape index (κ3) is 6.36. The number of aliphatic imine (C=N–C) groups is 1. The van der Waals surface area contributed by atoms with E-state index in [0.29, 0.717) is 12.6 Å². The van der Waals surface area contributed by atoms with E-state index in [4.69, 9.17) is 9.73 Å². The van der Waals surface area contributed by atoms with Gasteiger partial charge in [0.05, 0.1) is 13.7 Å². The van der Waals surface area contributed by atoms with Gasteiger partial charge in [0.15, 0.2) is 5.96 Å². The largest absolute Gasteiger partial charge is 0.497 e. The molecule has 3 rings (SSSR count). The molecule has 1 aromatic heterocycles. The third-order valence-corrected chi connectivity index (χ3v) is 5.88. The van der Waals surface area contributed by atoms with Gasteiger partial charge in [-0.1, -0.05) is 32.0 Å². The van der Waals surface area contributed by atoms with Crippen molar-refractivity contribution in [3.63, 3.8) is 0 Å². The van der Waals surface area contributed by atoms with Crippen LogP contribution in [0.5, 0.6) is 5.75 Å². The van der Waals surface area contributed by atoms with E-state index >= 15 is 0 Å². The smallest absolute Gasteiger partial charge is 0.191 e. The number of nitrogens with one attached hydrogen (secondary N) is 2. The van der Waals surface area contributed by atoms with Gasteiger partial charge in [0, 0.05) is 37.3 Å². The summed E-state index contributed by atoms with van der Waals surface area (Å²) in [6, 6.07) is 12.9. The Kier molecular flexibility index (Phi) is 7.77. The molecule has 0 aliphatic carbocycles. The maximum Gasteiger partial charge on any atom is 0.191 e. The Morgan fingerprint density at radius 1 is 1.23 bits per heavy atom. The topological polar surface area (TPSA) is 61.8 Å². The molecular formula is C25H37N5O. The predicted molar refractivity (Wildman–Crippen MR) is 129 cm³/mol. The van der Waals surface area contributed by atoms with E-state index in [9.17, 15) is 0 Å². The number of guanidine groups is 1. The summed E-state index contributed by atoms with van der Waals surface area (Å²) in [7, 11) is 1.71. The van der Waals surface area contributed by atoms with E-state index < -0.39 is 0 Å². The standard InChI is InChI=1S/C25H37N5O/c1-6-26-24(28-18-25(3,4)20-8-7-9-22(16-20)31-5)29-21-12-14-30(15-13-21)23-11-10-19(2)17-27-23/h7-11,16-17,21H,6,12-15,18H2,1-5H3,(H2,26,28,29). The number of nitrogens with zero attached hydrogens (tertiary/aromatic N) is 3. The summed E-state index contributed by atoms with van der Waals surface area (Å²) in [5.74, 6) is 2.85. The number of aryl methyl sites for hydroxylation is 1. The van der Waals surface area contributed by atoms with E-state index in [1.807, 2.05) is 18.3 Å². The monoisotopic (exact) mass is 423 g/mol. The summed E-state index contributed by atoms with van der Waals surface area (Å²) in [4.78, 5) is 11.9. The van der Waals surface area contributed by atoms with Crippen LogP contribution in [0.4, 0.5) is 5.82 Å². The summed E-state index contributed by atoms with van der Waals surface area (Å²) in [6.07, 6.45) is 4.08. The average Bonchev–Trinajstić information content (AvgIpc) is 2.79. The van der Waals surface area contributed by atoms with Crippen molar-refractivity contribution >= 4 is 11.8 Å². The van der Waals surface area contributed by atoms with Gasteiger partial charge in [-0.05, 0) is 56.0 Å². The van der Waals surface area contributed by atoms with Gasteiger partial charge in [0.25, 0.3) is 0 Å². The van der Waals surface area contributed by atoms with Gasteiger partial charge in [0.1, 0.15) is 11.6 Å². The minimum absolute atomic E-state index is 0.0859. The Morgan fingerprint density at radius 2 is 2.00 bits per heavy atom. The lowest BCUT2D eigenvalue weighted by Gasteiger charge is -2.34. The number of methoxy groups -OCH3 is 1. The predicted octanol–water partition coefficient (Wildman–Crippen LogP) is 3.90. The molecule has 0 atom stereocenters. The normalized spacial score (nSPS) is 15.6. The second-order valence-electron chi connectivity index (χ2n) is 8.91. The molecule has 0 bridgehead atoms. The second-order valence-corrected chi connectivity index (χ2v) is 8.91. The Morgan fingerprint density at radius 3 is 2.65 bits per heavy atom. The molecule has 0 radical (unpaired) electrons. The summed E-state index contributed by atoms with van der Waals surface area (Å²) in [5, 5.41) is 7.07. The van der Waals surface area contributed by atoms with Crippen molar-refractivity contribution in [2.45, 2.75) is 52.0 Å². The van der Waals surface area contributed by atoms with Crippen molar-refractivity contribution in [1.29, 1.82) is 0 Å². The fraction of sp³-hybridized carbons (Fsp3) is 0.520. The molecule has 1 saturated heterocycles. The zero-order valence-electron chi connectivity index (χ0n) is 19.6. The number of piperidine rings is 1. The molecule has 0 saturated carbocycles. The van der Waals surface area contributed by atoms with Gasteiger partial charge in [-0.3, -0.25) is 4.99 Å². The van der Waals surface area contributed by atoms with Gasteiger partial charge >= 0.3 is 0 Å². The van der Waals surface area contributed by atoms with E-state index in [2.05, 4.69) is 72.5 Å². The number of hydrogen-bond donors (Lipinski definition) is 2. The van der Waals surface area contributed by atoms with E-state index in [-0.39, 0.29) is 5.41 Å². The molecule has 1 fully saturated rings. The van der Waals surface area contributed by atoms with Crippen molar-refractivity contribution in [2.24, 2.45) is 4.99 Å². The minimum atomic E-state index is -0.0859. The molecule has 1 aliphatic rings. The highest BCUT2D eigenvalue weighted by Gasteiger charge is 2.23. The molecule has 2 aromatic rings. The fourth-order valence-electron chi connectivity index (χ4n) is 3.83. The van der Waals surface area contributed by atoms with Gasteiger partial charge in [-0.25, -0.2) is 4.98 Å². The van der Waals surface area contributed by atoms with Crippen LogP contribution in [-0.4, -0.2) is 50.3 Å². The van der Waals surface area contributed by atoms with E-state index in [0.717, 1.165) is 50.0 Å². The first kappa shape index (κ1) is 22.9. The van der Waals surface area contributed by atoms with Crippen molar-refractivity contribution in [2.75, 3.05) is 38.2 Å². The first-order chi connectivity index (χ1) is 14.9. The quantitative estimate of drug-likeness (QED) is 0.522. The Balaban J connectivity index is 1.59. The number of benzene rings is 1. The molecule has 6 nitrogen and oxygen atoms in total. The zero-order chi connectivity index (χ0) is 22.3. The van der Waals surface area contributed by atoms with Crippen molar-refractivity contribution in [1.82, 2.24) is 15.6 Å². The first-order valence-corrected chi connectivity index (χ1v) is 11.3. The van der Waals surface area contributed by atoms with Gasteiger partial charge < -0.3 is 20.3 Å². The maximum atomic E-state index is 5.39. The average molecular weight is 424 g/mol. The number of hydrogen-bond acceptors (Lipinski definition) is 4. The van der Waals surface area contributed by atoms with Crippen LogP contribution in [0, 0.1) is 6.92 Å². The number of ether oxygens (including phenoxy) is 1. The van der Waals surface area contributed by atoms with Crippen LogP contribution in [0.25, 0.3) is 0 Å². The van der Waals surface area contributed by atoms with Gasteiger partial charge in [0.2, 0.25) is 0 Å². The molecule has 31 heavy (non-hydrogen) atoms. The number of anilines is 1. The van der Waals surface area contributed by atoms with Crippen molar-refractivity contribution in [3.8, 4) is 5.75 Å². The third-order valence-electron chi connectivity index (χ3n) is 5.88. The lowest BCUT2D eigenvalue weighted by molar-refractivity contribution is 0.412. The van der Waals surface area contributed by atoms with Crippen LogP contribution < -0.4 is 20.3 Å². The molecule has 0 amide bonds. The van der Waals surface area contributed by atoms with Crippen LogP contribution in [0.3, 0.4) is 0 Å². The number of aromatic nitrogens is 1. The van der Waals surface area contributed by atoms with Gasteiger partial charge in [-0.2, -0.15) is 0 Å². The van der Waals surface area contributed by atoms with Crippen LogP contribution in [-0.2, 0) is 5.41 Å². The van der Waals surface area contributed by atoms with Crippen LogP contribution in [0.2, 0.25) is 0 Å². The highest BCUT2D eigenvalue weighted by atomic mass is 16.5. The highest BCUT2D eigenvalue weighted by molar-refractivity contribution is 5.80. The molecule has 0 spiro atoms. The lowest BCUT2D eigenvalue weighted by atomic mass is 9.84. The van der Waals surface area contributed by atoms with E-state index in [1.54, 1.807) is 7.11 Å². The minimum Gasteiger partial charge on any atom is -0.497 e. The summed E-state index contributed by atoms with van der Waals surface area (Å²) in [6.45, 7) is 12.2. The molecule has 168 valence electrons. The van der Waals surface area contributed by atoms with E-state index in [1.165, 1.54) is 11.1 Å². The molecule has 6 heteroatoms. The molecule has 2 N–H and O–H groups in total. The second kappa shape index (κ2) is 10.5. The summed E-state index contributed by atoms with van der Waals surface area (Å²) < 4.78 is 5.39. The fourth-order valence-corrected chi connectivity index (χ4v) is 3.83. The Labute approximate surface area is 187 Å². The van der Waals surface area contributed by atoms with Crippen LogP contribution >= 0.6 is 0 Å². The highest BCUT2D eigenvalue weighted by Crippen LogP contribution is 2.27. The zero-order valence-corrected chi connectivity index (χ0v) is 19.6. The molecule has 0 unspecified atom stereocenters. The lowest BCUT2D eigenvalue weighted by Crippen LogP contribution is -2.49. The Bertz CT molecular complexity index is 854. The number of rotatable bonds is 7. The maximum absolute atomic E-state index is 5.39. The molecule has 1 aliphatic heterocycles. The van der Waals surface area contributed by atoms with Crippen molar-refractivity contribution in [3.05, 3.63) is 53.7 Å². The molecular weight excluding hydrogens is 386 g/mol. The summed E-state index contributed by atoms with van der Waals surface area (Å²) >= 11 is 0. The van der Waals surface area contributed by atoms with Crippen molar-refractivity contribution < 1.29 is 4.74 Å². The molecule has 1 aromatic carbocycles. The van der Waals surface area contributed by atoms with Crippen LogP contribution in [0.15, 0.2) is 47.6 Å². The van der Waals surface area contributed by atoms with Gasteiger partial charge in [-0.15, -0.1) is 0 Å².